The average molecular weight is 390 g/mol. The van der Waals surface area contributed by atoms with Crippen molar-refractivity contribution in [2.45, 2.75) is 38.6 Å². The van der Waals surface area contributed by atoms with E-state index >= 15 is 0 Å². The fraction of sp³-hybridized carbons (Fsp3) is 0.273. The van der Waals surface area contributed by atoms with Crippen LogP contribution in [0.1, 0.15) is 36.1 Å². The summed E-state index contributed by atoms with van der Waals surface area (Å²) in [6.45, 7) is 0.605. The minimum atomic E-state index is -0.460. The molecular weight excluding hydrogens is 368 g/mol. The molecule has 7 heteroatoms. The first-order chi connectivity index (χ1) is 14.1. The maximum Gasteiger partial charge on any atom is 0.270 e. The lowest BCUT2D eigenvalue weighted by atomic mass is 9.95. The minimum Gasteiger partial charge on any atom is -0.344 e. The molecule has 7 nitrogen and oxygen atoms in total. The highest BCUT2D eigenvalue weighted by atomic mass is 16.6. The second-order valence-corrected chi connectivity index (χ2v) is 7.20. The minimum absolute atomic E-state index is 0.00969. The zero-order valence-corrected chi connectivity index (χ0v) is 16.0. The van der Waals surface area contributed by atoms with Crippen LogP contribution in [0, 0.1) is 10.1 Å². The number of hydrogen-bond donors (Lipinski definition) is 1. The van der Waals surface area contributed by atoms with Gasteiger partial charge in [-0.05, 0) is 37.3 Å². The molecule has 0 spiro atoms. The smallest absolute Gasteiger partial charge is 0.270 e. The van der Waals surface area contributed by atoms with Crippen LogP contribution in [0.25, 0.3) is 10.9 Å². The van der Waals surface area contributed by atoms with Gasteiger partial charge in [-0.15, -0.1) is 0 Å². The molecule has 0 radical (unpaired) electrons. The molecule has 1 heterocycles. The van der Waals surface area contributed by atoms with Gasteiger partial charge in [-0.25, -0.2) is 5.43 Å². The van der Waals surface area contributed by atoms with Crippen molar-refractivity contribution in [3.8, 4) is 0 Å². The number of para-hydroxylation sites is 1. The number of benzene rings is 2. The van der Waals surface area contributed by atoms with Gasteiger partial charge in [0.1, 0.15) is 0 Å². The van der Waals surface area contributed by atoms with Crippen LogP contribution in [-0.2, 0) is 24.2 Å². The summed E-state index contributed by atoms with van der Waals surface area (Å²) < 4.78 is 2.27. The molecule has 3 aromatic rings. The maximum atomic E-state index is 12.3. The van der Waals surface area contributed by atoms with Crippen LogP contribution in [0.5, 0.6) is 0 Å². The third kappa shape index (κ3) is 4.03. The molecule has 0 unspecified atom stereocenters. The molecule has 1 aromatic heterocycles. The van der Waals surface area contributed by atoms with Crippen molar-refractivity contribution in [1.29, 1.82) is 0 Å². The van der Waals surface area contributed by atoms with E-state index in [0.29, 0.717) is 18.5 Å². The van der Waals surface area contributed by atoms with Gasteiger partial charge in [0.25, 0.3) is 5.69 Å². The summed E-state index contributed by atoms with van der Waals surface area (Å²) in [6, 6.07) is 14.5. The monoisotopic (exact) mass is 390 g/mol. The SMILES string of the molecule is O=C(CCn1c2c(c3ccccc31)CCCC2)N/N=C/c1cccc([N+](=O)[O-])c1. The van der Waals surface area contributed by atoms with Crippen molar-refractivity contribution < 1.29 is 9.72 Å². The molecule has 0 aliphatic heterocycles. The predicted octanol–water partition coefficient (Wildman–Crippen LogP) is 3.97. The summed E-state index contributed by atoms with van der Waals surface area (Å²) in [6.07, 6.45) is 6.28. The van der Waals surface area contributed by atoms with E-state index in [1.54, 1.807) is 12.1 Å². The molecule has 0 saturated heterocycles. The fourth-order valence-corrected chi connectivity index (χ4v) is 4.01. The molecule has 0 fully saturated rings. The Morgan fingerprint density at radius 1 is 1.17 bits per heavy atom. The molecular formula is C22H22N4O3. The Labute approximate surface area is 168 Å². The lowest BCUT2D eigenvalue weighted by Crippen LogP contribution is -2.20. The first-order valence-electron chi connectivity index (χ1n) is 9.79. The van der Waals surface area contributed by atoms with Crippen molar-refractivity contribution in [2.24, 2.45) is 5.10 Å². The molecule has 1 aliphatic carbocycles. The van der Waals surface area contributed by atoms with Gasteiger partial charge in [-0.3, -0.25) is 14.9 Å². The van der Waals surface area contributed by atoms with E-state index < -0.39 is 4.92 Å². The summed E-state index contributed by atoms with van der Waals surface area (Å²) in [5.41, 5.74) is 7.03. The van der Waals surface area contributed by atoms with Crippen molar-refractivity contribution >= 4 is 28.7 Å². The van der Waals surface area contributed by atoms with Crippen molar-refractivity contribution in [2.75, 3.05) is 0 Å². The molecule has 0 bridgehead atoms. The summed E-state index contributed by atoms with van der Waals surface area (Å²) in [5, 5.41) is 16.0. The van der Waals surface area contributed by atoms with Crippen LogP contribution in [0.3, 0.4) is 0 Å². The lowest BCUT2D eigenvalue weighted by Gasteiger charge is -2.15. The zero-order chi connectivity index (χ0) is 20.2. The molecule has 4 rings (SSSR count). The van der Waals surface area contributed by atoms with E-state index in [2.05, 4.69) is 33.3 Å². The number of rotatable bonds is 6. The largest absolute Gasteiger partial charge is 0.344 e. The van der Waals surface area contributed by atoms with Gasteiger partial charge < -0.3 is 4.57 Å². The van der Waals surface area contributed by atoms with Gasteiger partial charge in [0.15, 0.2) is 0 Å². The predicted molar refractivity (Wildman–Crippen MR) is 112 cm³/mol. The van der Waals surface area contributed by atoms with Gasteiger partial charge in [0.05, 0.1) is 11.1 Å². The number of carbonyl (C=O) groups is 1. The number of fused-ring (bicyclic) bond motifs is 3. The molecule has 148 valence electrons. The van der Waals surface area contributed by atoms with Crippen LogP contribution >= 0.6 is 0 Å². The molecule has 0 saturated carbocycles. The van der Waals surface area contributed by atoms with E-state index in [1.807, 2.05) is 6.07 Å². The molecule has 0 atom stereocenters. The maximum absolute atomic E-state index is 12.3. The van der Waals surface area contributed by atoms with Crippen molar-refractivity contribution in [3.05, 3.63) is 75.5 Å². The number of hydrazone groups is 1. The summed E-state index contributed by atoms with van der Waals surface area (Å²) in [7, 11) is 0. The number of nitro groups is 1. The number of nitrogens with zero attached hydrogens (tertiary/aromatic N) is 3. The quantitative estimate of drug-likeness (QED) is 0.392. The molecule has 1 aliphatic rings. The van der Waals surface area contributed by atoms with E-state index in [0.717, 1.165) is 12.8 Å². The van der Waals surface area contributed by atoms with Crippen LogP contribution in [0.2, 0.25) is 0 Å². The van der Waals surface area contributed by atoms with Crippen LogP contribution < -0.4 is 5.43 Å². The second kappa shape index (κ2) is 8.26. The van der Waals surface area contributed by atoms with Crippen LogP contribution in [0.15, 0.2) is 53.6 Å². The first kappa shape index (κ1) is 18.9. The number of non-ortho nitro benzene ring substituents is 1. The number of hydrogen-bond acceptors (Lipinski definition) is 4. The van der Waals surface area contributed by atoms with E-state index in [-0.39, 0.29) is 11.6 Å². The van der Waals surface area contributed by atoms with Gasteiger partial charge in [-0.1, -0.05) is 30.3 Å². The number of amides is 1. The Morgan fingerprint density at radius 3 is 2.86 bits per heavy atom. The normalized spacial score (nSPS) is 13.5. The Kier molecular flexibility index (Phi) is 5.37. The Hall–Kier alpha value is -3.48. The third-order valence-electron chi connectivity index (χ3n) is 5.33. The van der Waals surface area contributed by atoms with E-state index in [9.17, 15) is 14.9 Å². The zero-order valence-electron chi connectivity index (χ0n) is 16.0. The molecule has 2 aromatic carbocycles. The van der Waals surface area contributed by atoms with Crippen molar-refractivity contribution in [1.82, 2.24) is 9.99 Å². The Bertz CT molecular complexity index is 1100. The third-order valence-corrected chi connectivity index (χ3v) is 5.33. The van der Waals surface area contributed by atoms with E-state index in [1.165, 1.54) is 53.3 Å². The number of carbonyl (C=O) groups excluding carboxylic acids is 1. The molecule has 1 amide bonds. The highest BCUT2D eigenvalue weighted by Gasteiger charge is 2.19. The van der Waals surface area contributed by atoms with Crippen LogP contribution in [-0.4, -0.2) is 21.6 Å². The summed E-state index contributed by atoms with van der Waals surface area (Å²) in [5.74, 6) is -0.186. The Morgan fingerprint density at radius 2 is 2.00 bits per heavy atom. The van der Waals surface area contributed by atoms with E-state index in [4.69, 9.17) is 0 Å². The average Bonchev–Trinajstić information content (AvgIpc) is 3.06. The first-order valence-corrected chi connectivity index (χ1v) is 9.79. The standard InChI is InChI=1S/C22H22N4O3/c27-22(24-23-15-16-6-5-7-17(14-16)26(28)29)12-13-25-20-10-3-1-8-18(20)19-9-2-4-11-21(19)25/h1,3,5-8,10,14-15H,2,4,9,11-13H2,(H,24,27)/b23-15+. The fourth-order valence-electron chi connectivity index (χ4n) is 4.01. The summed E-state index contributed by atoms with van der Waals surface area (Å²) in [4.78, 5) is 22.6. The summed E-state index contributed by atoms with van der Waals surface area (Å²) >= 11 is 0. The second-order valence-electron chi connectivity index (χ2n) is 7.20. The number of nitro benzene ring substituents is 1. The van der Waals surface area contributed by atoms with Gasteiger partial charge in [0.2, 0.25) is 5.91 Å². The number of aryl methyl sites for hydroxylation is 2. The highest BCUT2D eigenvalue weighted by molar-refractivity contribution is 5.86. The Balaban J connectivity index is 1.42. The van der Waals surface area contributed by atoms with Crippen LogP contribution in [0.4, 0.5) is 5.69 Å². The highest BCUT2D eigenvalue weighted by Crippen LogP contribution is 2.32. The number of aromatic nitrogens is 1. The molecule has 1 N–H and O–H groups in total. The van der Waals surface area contributed by atoms with Gasteiger partial charge >= 0.3 is 0 Å². The van der Waals surface area contributed by atoms with Gasteiger partial charge in [0, 0.05) is 47.3 Å². The number of nitrogens with one attached hydrogen (secondary N) is 1. The molecule has 29 heavy (non-hydrogen) atoms. The van der Waals surface area contributed by atoms with Gasteiger partial charge in [-0.2, -0.15) is 5.10 Å². The lowest BCUT2D eigenvalue weighted by molar-refractivity contribution is -0.384. The van der Waals surface area contributed by atoms with Crippen molar-refractivity contribution in [3.63, 3.8) is 0 Å². The topological polar surface area (TPSA) is 89.5 Å².